The number of ether oxygens (including phenoxy) is 1. The normalized spacial score (nSPS) is 23.3. The van der Waals surface area contributed by atoms with Crippen LogP contribution < -0.4 is 9.80 Å². The zero-order valence-electron chi connectivity index (χ0n) is 17.7. The summed E-state index contributed by atoms with van der Waals surface area (Å²) < 4.78 is 5.09. The lowest BCUT2D eigenvalue weighted by molar-refractivity contribution is -0.119. The molecule has 1 saturated heterocycles. The van der Waals surface area contributed by atoms with Crippen molar-refractivity contribution in [3.8, 4) is 0 Å². The second-order valence-corrected chi connectivity index (χ2v) is 9.16. The average molecular weight is 461 g/mol. The highest BCUT2D eigenvalue weighted by Gasteiger charge is 2.67. The lowest BCUT2D eigenvalue weighted by Crippen LogP contribution is -2.30. The van der Waals surface area contributed by atoms with Crippen molar-refractivity contribution < 1.29 is 19.4 Å². The van der Waals surface area contributed by atoms with Crippen molar-refractivity contribution in [1.29, 1.82) is 0 Å². The molecule has 2 atom stereocenters. The molecule has 3 aromatic carbocycles. The van der Waals surface area contributed by atoms with E-state index in [1.807, 2.05) is 54.6 Å². The number of amides is 2. The number of cyclic esters (lactones) is 1. The third-order valence-electron chi connectivity index (χ3n) is 6.92. The molecule has 6 nitrogen and oxygen atoms in total. The predicted octanol–water partition coefficient (Wildman–Crippen LogP) is 4.89. The molecule has 0 bridgehead atoms. The van der Waals surface area contributed by atoms with E-state index in [1.54, 1.807) is 17.0 Å². The number of benzene rings is 3. The van der Waals surface area contributed by atoms with E-state index in [2.05, 4.69) is 0 Å². The third-order valence-corrected chi connectivity index (χ3v) is 7.17. The summed E-state index contributed by atoms with van der Waals surface area (Å²) in [6.45, 7) is 0.543. The maximum Gasteiger partial charge on any atom is 0.414 e. The highest BCUT2D eigenvalue weighted by Crippen LogP contribution is 2.67. The van der Waals surface area contributed by atoms with Gasteiger partial charge in [0.2, 0.25) is 5.91 Å². The molecule has 3 aliphatic rings. The molecule has 1 aliphatic carbocycles. The maximum absolute atomic E-state index is 14.0. The number of aliphatic hydroxyl groups is 1. The van der Waals surface area contributed by atoms with Crippen molar-refractivity contribution in [3.05, 3.63) is 88.4 Å². The van der Waals surface area contributed by atoms with Gasteiger partial charge in [-0.15, -0.1) is 0 Å². The minimum atomic E-state index is -0.619. The van der Waals surface area contributed by atoms with Crippen molar-refractivity contribution in [2.24, 2.45) is 0 Å². The van der Waals surface area contributed by atoms with Crippen molar-refractivity contribution in [2.45, 2.75) is 24.4 Å². The van der Waals surface area contributed by atoms with Gasteiger partial charge in [-0.3, -0.25) is 14.6 Å². The Labute approximate surface area is 196 Å². The van der Waals surface area contributed by atoms with Crippen LogP contribution in [0.2, 0.25) is 5.02 Å². The van der Waals surface area contributed by atoms with Crippen LogP contribution in [0.1, 0.15) is 29.0 Å². The third kappa shape index (κ3) is 2.98. The Morgan fingerprint density at radius 1 is 1.03 bits per heavy atom. The van der Waals surface area contributed by atoms with E-state index in [0.29, 0.717) is 35.1 Å². The van der Waals surface area contributed by atoms with Crippen molar-refractivity contribution in [1.82, 2.24) is 0 Å². The number of anilines is 3. The monoisotopic (exact) mass is 460 g/mol. The van der Waals surface area contributed by atoms with Gasteiger partial charge < -0.3 is 9.84 Å². The Kier molecular flexibility index (Phi) is 4.50. The predicted molar refractivity (Wildman–Crippen MR) is 125 cm³/mol. The van der Waals surface area contributed by atoms with Crippen LogP contribution in [0.15, 0.2) is 66.7 Å². The van der Waals surface area contributed by atoms with Gasteiger partial charge in [-0.2, -0.15) is 0 Å². The SMILES string of the molecule is O=C1OCCN1c1cc(CO)cc(N2C(=O)[C@]3(C[C@H]3c3ccc(Cl)cc3)c3ccccc32)c1. The molecule has 2 fully saturated rings. The van der Waals surface area contributed by atoms with Gasteiger partial charge in [0.1, 0.15) is 6.61 Å². The van der Waals surface area contributed by atoms with E-state index in [4.69, 9.17) is 16.3 Å². The quantitative estimate of drug-likeness (QED) is 0.601. The van der Waals surface area contributed by atoms with Crippen LogP contribution in [0, 0.1) is 0 Å². The molecule has 1 N–H and O–H groups in total. The molecule has 1 saturated carbocycles. The first kappa shape index (κ1) is 20.3. The van der Waals surface area contributed by atoms with Crippen LogP contribution in [-0.2, 0) is 21.6 Å². The van der Waals surface area contributed by atoms with Crippen LogP contribution in [-0.4, -0.2) is 30.3 Å². The number of rotatable bonds is 4. The number of aliphatic hydroxyl groups excluding tert-OH is 1. The Morgan fingerprint density at radius 2 is 1.79 bits per heavy atom. The van der Waals surface area contributed by atoms with E-state index in [0.717, 1.165) is 23.2 Å². The number of nitrogens with zero attached hydrogens (tertiary/aromatic N) is 2. The molecular formula is C26H21ClN2O4. The highest BCUT2D eigenvalue weighted by atomic mass is 35.5. The van der Waals surface area contributed by atoms with Crippen LogP contribution in [0.3, 0.4) is 0 Å². The molecule has 3 aromatic rings. The summed E-state index contributed by atoms with van der Waals surface area (Å²) >= 11 is 6.08. The summed E-state index contributed by atoms with van der Waals surface area (Å²) in [5.74, 6) is 0.0798. The fraction of sp³-hybridized carbons (Fsp3) is 0.231. The highest BCUT2D eigenvalue weighted by molar-refractivity contribution is 6.30. The molecule has 2 heterocycles. The first-order valence-electron chi connectivity index (χ1n) is 10.9. The van der Waals surface area contributed by atoms with E-state index in [1.165, 1.54) is 4.90 Å². The van der Waals surface area contributed by atoms with E-state index in [-0.39, 0.29) is 18.4 Å². The number of fused-ring (bicyclic) bond motifs is 2. The molecule has 1 spiro atoms. The zero-order valence-corrected chi connectivity index (χ0v) is 18.5. The first-order chi connectivity index (χ1) is 16.0. The van der Waals surface area contributed by atoms with E-state index >= 15 is 0 Å². The van der Waals surface area contributed by atoms with Crippen LogP contribution in [0.5, 0.6) is 0 Å². The Morgan fingerprint density at radius 3 is 2.52 bits per heavy atom. The number of halogens is 1. The minimum Gasteiger partial charge on any atom is -0.447 e. The van der Waals surface area contributed by atoms with Gasteiger partial charge in [0.05, 0.1) is 29.9 Å². The lowest BCUT2D eigenvalue weighted by atomic mass is 9.92. The van der Waals surface area contributed by atoms with Crippen LogP contribution in [0.4, 0.5) is 21.9 Å². The number of carbonyl (C=O) groups excluding carboxylic acids is 2. The molecule has 7 heteroatoms. The minimum absolute atomic E-state index is 0.00804. The van der Waals surface area contributed by atoms with Gasteiger partial charge in [0.25, 0.3) is 0 Å². The lowest BCUT2D eigenvalue weighted by Gasteiger charge is -2.22. The topological polar surface area (TPSA) is 70.1 Å². The number of hydrogen-bond acceptors (Lipinski definition) is 4. The average Bonchev–Trinajstić information content (AvgIpc) is 3.36. The second kappa shape index (κ2) is 7.33. The Bertz CT molecular complexity index is 1290. The maximum atomic E-state index is 14.0. The van der Waals surface area contributed by atoms with Crippen LogP contribution in [0.25, 0.3) is 0 Å². The molecule has 2 amide bonds. The molecule has 0 unspecified atom stereocenters. The zero-order chi connectivity index (χ0) is 22.7. The molecule has 166 valence electrons. The number of para-hydroxylation sites is 1. The Balaban J connectivity index is 1.45. The van der Waals surface area contributed by atoms with Crippen molar-refractivity contribution in [3.63, 3.8) is 0 Å². The standard InChI is InChI=1S/C26H21ClN2O4/c27-18-7-5-17(6-8-18)22-14-26(22)21-3-1-2-4-23(21)29(24(26)31)20-12-16(15-30)11-19(13-20)28-9-10-33-25(28)32/h1-8,11-13,22,30H,9-10,14-15H2/t22-,26+/m0/s1. The van der Waals surface area contributed by atoms with Crippen molar-refractivity contribution >= 4 is 40.7 Å². The number of hydrogen-bond donors (Lipinski definition) is 1. The molecule has 33 heavy (non-hydrogen) atoms. The molecule has 2 aliphatic heterocycles. The summed E-state index contributed by atoms with van der Waals surface area (Å²) in [7, 11) is 0. The summed E-state index contributed by atoms with van der Waals surface area (Å²) in [5.41, 5.74) is 4.18. The largest absolute Gasteiger partial charge is 0.447 e. The van der Waals surface area contributed by atoms with E-state index < -0.39 is 11.5 Å². The van der Waals surface area contributed by atoms with Gasteiger partial charge in [-0.25, -0.2) is 4.79 Å². The molecule has 0 aromatic heterocycles. The molecule has 6 rings (SSSR count). The van der Waals surface area contributed by atoms with Gasteiger partial charge in [-0.1, -0.05) is 41.9 Å². The molecular weight excluding hydrogens is 440 g/mol. The van der Waals surface area contributed by atoms with Crippen molar-refractivity contribution in [2.75, 3.05) is 23.0 Å². The van der Waals surface area contributed by atoms with Gasteiger partial charge in [0.15, 0.2) is 0 Å². The van der Waals surface area contributed by atoms with Crippen LogP contribution >= 0.6 is 11.6 Å². The van der Waals surface area contributed by atoms with Gasteiger partial charge >= 0.3 is 6.09 Å². The first-order valence-corrected chi connectivity index (χ1v) is 11.3. The summed E-state index contributed by atoms with van der Waals surface area (Å²) in [6, 6.07) is 20.9. The Hall–Kier alpha value is -3.35. The van der Waals surface area contributed by atoms with Gasteiger partial charge in [-0.05, 0) is 59.5 Å². The number of carbonyl (C=O) groups is 2. The fourth-order valence-corrected chi connectivity index (χ4v) is 5.41. The second-order valence-electron chi connectivity index (χ2n) is 8.72. The summed E-state index contributed by atoms with van der Waals surface area (Å²) in [5, 5.41) is 10.5. The van der Waals surface area contributed by atoms with Gasteiger partial charge in [0, 0.05) is 16.6 Å². The molecule has 0 radical (unpaired) electrons. The van der Waals surface area contributed by atoms with E-state index in [9.17, 15) is 14.7 Å². The fourth-order valence-electron chi connectivity index (χ4n) is 5.28. The summed E-state index contributed by atoms with van der Waals surface area (Å²) in [4.78, 5) is 29.4. The smallest absolute Gasteiger partial charge is 0.414 e. The summed E-state index contributed by atoms with van der Waals surface area (Å²) in [6.07, 6.45) is 0.303.